The lowest BCUT2D eigenvalue weighted by atomic mass is 10.2. The molecule has 0 spiro atoms. The Kier molecular flexibility index (Phi) is 3.89. The minimum Gasteiger partial charge on any atom is -0.395 e. The molecule has 2 rings (SSSR count). The van der Waals surface area contributed by atoms with Crippen LogP contribution in [0.5, 0.6) is 0 Å². The molecule has 0 saturated heterocycles. The number of amides is 1. The minimum absolute atomic E-state index is 0.0144. The van der Waals surface area contributed by atoms with E-state index in [0.717, 1.165) is 44.3 Å². The number of rotatable bonds is 6. The third kappa shape index (κ3) is 2.49. The SMILES string of the molecule is CCCCN(C(=O)c1n[nH]c(CC)c1N)C1CC1. The van der Waals surface area contributed by atoms with Crippen LogP contribution in [0.2, 0.25) is 0 Å². The smallest absolute Gasteiger partial charge is 0.276 e. The molecule has 0 atom stereocenters. The Morgan fingerprint density at radius 1 is 1.50 bits per heavy atom. The summed E-state index contributed by atoms with van der Waals surface area (Å²) < 4.78 is 0. The molecular formula is C13H22N4O. The van der Waals surface area contributed by atoms with E-state index in [1.165, 1.54) is 0 Å². The van der Waals surface area contributed by atoms with Crippen LogP contribution >= 0.6 is 0 Å². The Labute approximate surface area is 108 Å². The van der Waals surface area contributed by atoms with Gasteiger partial charge < -0.3 is 10.6 Å². The molecule has 1 aliphatic rings. The van der Waals surface area contributed by atoms with Crippen molar-refractivity contribution < 1.29 is 4.79 Å². The van der Waals surface area contributed by atoms with Crippen molar-refractivity contribution in [3.8, 4) is 0 Å². The van der Waals surface area contributed by atoms with E-state index in [0.29, 0.717) is 17.4 Å². The Bertz CT molecular complexity index is 423. The number of nitrogens with two attached hydrogens (primary N) is 1. The molecule has 1 aromatic rings. The van der Waals surface area contributed by atoms with Gasteiger partial charge in [0.15, 0.2) is 5.69 Å². The van der Waals surface area contributed by atoms with Crippen LogP contribution in [0.1, 0.15) is 55.7 Å². The molecule has 0 aromatic carbocycles. The maximum Gasteiger partial charge on any atom is 0.276 e. The predicted octanol–water partition coefficient (Wildman–Crippen LogP) is 1.96. The number of anilines is 1. The lowest BCUT2D eigenvalue weighted by Gasteiger charge is -2.21. The average molecular weight is 250 g/mol. The molecule has 0 bridgehead atoms. The standard InChI is InChI=1S/C13H22N4O/c1-3-5-8-17(9-6-7-9)13(18)12-11(14)10(4-2)15-16-12/h9H,3-8,14H2,1-2H3,(H,15,16). The van der Waals surface area contributed by atoms with E-state index in [4.69, 9.17) is 5.73 Å². The zero-order valence-electron chi connectivity index (χ0n) is 11.2. The van der Waals surface area contributed by atoms with E-state index in [1.54, 1.807) is 0 Å². The number of hydrogen-bond acceptors (Lipinski definition) is 3. The van der Waals surface area contributed by atoms with Crippen molar-refractivity contribution in [2.75, 3.05) is 12.3 Å². The quantitative estimate of drug-likeness (QED) is 0.810. The largest absolute Gasteiger partial charge is 0.395 e. The number of H-pyrrole nitrogens is 1. The molecule has 5 heteroatoms. The summed E-state index contributed by atoms with van der Waals surface area (Å²) in [4.78, 5) is 14.4. The maximum atomic E-state index is 12.4. The zero-order valence-corrected chi connectivity index (χ0v) is 11.2. The molecule has 100 valence electrons. The van der Waals surface area contributed by atoms with Gasteiger partial charge >= 0.3 is 0 Å². The van der Waals surface area contributed by atoms with Gasteiger partial charge in [-0.2, -0.15) is 5.10 Å². The molecule has 1 aromatic heterocycles. The van der Waals surface area contributed by atoms with E-state index in [9.17, 15) is 4.79 Å². The Morgan fingerprint density at radius 3 is 2.72 bits per heavy atom. The van der Waals surface area contributed by atoms with Crippen molar-refractivity contribution in [2.24, 2.45) is 0 Å². The van der Waals surface area contributed by atoms with Gasteiger partial charge in [-0.05, 0) is 25.7 Å². The van der Waals surface area contributed by atoms with E-state index in [2.05, 4.69) is 17.1 Å². The van der Waals surface area contributed by atoms with Crippen LogP contribution in [0.4, 0.5) is 5.69 Å². The van der Waals surface area contributed by atoms with Crippen LogP contribution in [0.15, 0.2) is 0 Å². The molecule has 0 unspecified atom stereocenters. The summed E-state index contributed by atoms with van der Waals surface area (Å²) >= 11 is 0. The van der Waals surface area contributed by atoms with Crippen LogP contribution in [0, 0.1) is 0 Å². The van der Waals surface area contributed by atoms with Gasteiger partial charge in [0.05, 0.1) is 11.4 Å². The molecule has 0 aliphatic heterocycles. The second-order valence-electron chi connectivity index (χ2n) is 4.90. The van der Waals surface area contributed by atoms with Gasteiger partial charge in [-0.15, -0.1) is 0 Å². The first-order chi connectivity index (χ1) is 8.69. The summed E-state index contributed by atoms with van der Waals surface area (Å²) in [5, 5.41) is 6.94. The van der Waals surface area contributed by atoms with Crippen molar-refractivity contribution in [3.63, 3.8) is 0 Å². The third-order valence-corrected chi connectivity index (χ3v) is 3.44. The second-order valence-corrected chi connectivity index (χ2v) is 4.90. The second kappa shape index (κ2) is 5.42. The first kappa shape index (κ1) is 12.9. The van der Waals surface area contributed by atoms with E-state index in [1.807, 2.05) is 11.8 Å². The van der Waals surface area contributed by atoms with E-state index < -0.39 is 0 Å². The average Bonchev–Trinajstić information content (AvgIpc) is 3.13. The molecule has 0 radical (unpaired) electrons. The fraction of sp³-hybridized carbons (Fsp3) is 0.692. The zero-order chi connectivity index (χ0) is 13.1. The number of aromatic nitrogens is 2. The molecule has 1 amide bonds. The molecular weight excluding hydrogens is 228 g/mol. The van der Waals surface area contributed by atoms with Crippen LogP contribution in [-0.2, 0) is 6.42 Å². The molecule has 18 heavy (non-hydrogen) atoms. The minimum atomic E-state index is -0.0144. The fourth-order valence-corrected chi connectivity index (χ4v) is 2.12. The predicted molar refractivity (Wildman–Crippen MR) is 71.3 cm³/mol. The van der Waals surface area contributed by atoms with Crippen molar-refractivity contribution in [2.45, 2.75) is 52.0 Å². The highest BCUT2D eigenvalue weighted by atomic mass is 16.2. The Hall–Kier alpha value is -1.52. The fourth-order valence-electron chi connectivity index (χ4n) is 2.12. The van der Waals surface area contributed by atoms with Gasteiger partial charge in [-0.25, -0.2) is 0 Å². The molecule has 1 saturated carbocycles. The summed E-state index contributed by atoms with van der Waals surface area (Å²) in [7, 11) is 0. The van der Waals surface area contributed by atoms with Gasteiger partial charge in [0, 0.05) is 12.6 Å². The Morgan fingerprint density at radius 2 is 2.22 bits per heavy atom. The van der Waals surface area contributed by atoms with E-state index >= 15 is 0 Å². The molecule has 1 heterocycles. The van der Waals surface area contributed by atoms with Gasteiger partial charge in [0.2, 0.25) is 0 Å². The van der Waals surface area contributed by atoms with Crippen LogP contribution in [0.25, 0.3) is 0 Å². The topological polar surface area (TPSA) is 75.0 Å². The molecule has 1 fully saturated rings. The molecule has 1 aliphatic carbocycles. The van der Waals surface area contributed by atoms with Gasteiger partial charge in [-0.3, -0.25) is 9.89 Å². The summed E-state index contributed by atoms with van der Waals surface area (Å²) in [6.45, 7) is 4.94. The van der Waals surface area contributed by atoms with Crippen LogP contribution in [0.3, 0.4) is 0 Å². The summed E-state index contributed by atoms with van der Waals surface area (Å²) in [5.74, 6) is -0.0144. The number of hydrogen-bond donors (Lipinski definition) is 2. The van der Waals surface area contributed by atoms with Crippen LogP contribution < -0.4 is 5.73 Å². The van der Waals surface area contributed by atoms with Crippen molar-refractivity contribution >= 4 is 11.6 Å². The number of carbonyl (C=O) groups is 1. The number of unbranched alkanes of at least 4 members (excludes halogenated alkanes) is 1. The molecule has 3 N–H and O–H groups in total. The summed E-state index contributed by atoms with van der Waals surface area (Å²) in [6, 6.07) is 0.408. The van der Waals surface area contributed by atoms with Crippen molar-refractivity contribution in [1.82, 2.24) is 15.1 Å². The lowest BCUT2D eigenvalue weighted by Crippen LogP contribution is -2.34. The highest BCUT2D eigenvalue weighted by molar-refractivity contribution is 5.98. The van der Waals surface area contributed by atoms with Crippen LogP contribution in [-0.4, -0.2) is 33.6 Å². The number of carbonyl (C=O) groups excluding carboxylic acids is 1. The highest BCUT2D eigenvalue weighted by Gasteiger charge is 2.34. The van der Waals surface area contributed by atoms with E-state index in [-0.39, 0.29) is 5.91 Å². The normalized spacial score (nSPS) is 14.8. The number of nitrogen functional groups attached to an aromatic ring is 1. The first-order valence-corrected chi connectivity index (χ1v) is 6.82. The van der Waals surface area contributed by atoms with Crippen molar-refractivity contribution in [3.05, 3.63) is 11.4 Å². The van der Waals surface area contributed by atoms with Gasteiger partial charge in [-0.1, -0.05) is 20.3 Å². The lowest BCUT2D eigenvalue weighted by molar-refractivity contribution is 0.0736. The molecule has 5 nitrogen and oxygen atoms in total. The van der Waals surface area contributed by atoms with Crippen molar-refractivity contribution in [1.29, 1.82) is 0 Å². The number of nitrogens with zero attached hydrogens (tertiary/aromatic N) is 2. The maximum absolute atomic E-state index is 12.4. The summed E-state index contributed by atoms with van der Waals surface area (Å²) in [6.07, 6.45) is 5.12. The monoisotopic (exact) mass is 250 g/mol. The number of nitrogens with one attached hydrogen (secondary N) is 1. The van der Waals surface area contributed by atoms with Gasteiger partial charge in [0.25, 0.3) is 5.91 Å². The highest BCUT2D eigenvalue weighted by Crippen LogP contribution is 2.29. The first-order valence-electron chi connectivity index (χ1n) is 6.82. The summed E-state index contributed by atoms with van der Waals surface area (Å²) in [5.41, 5.74) is 7.73. The number of aryl methyl sites for hydroxylation is 1. The number of aromatic amines is 1. The third-order valence-electron chi connectivity index (χ3n) is 3.44. The van der Waals surface area contributed by atoms with Gasteiger partial charge in [0.1, 0.15) is 0 Å². The Balaban J connectivity index is 2.14.